The van der Waals surface area contributed by atoms with Gasteiger partial charge in [-0.1, -0.05) is 57.6 Å². The summed E-state index contributed by atoms with van der Waals surface area (Å²) in [7, 11) is 0. The van der Waals surface area contributed by atoms with Crippen molar-refractivity contribution in [1.29, 1.82) is 0 Å². The average Bonchev–Trinajstić information content (AvgIpc) is 3.03. The summed E-state index contributed by atoms with van der Waals surface area (Å²) < 4.78 is 0. The molecule has 0 aromatic rings. The second-order valence-corrected chi connectivity index (χ2v) is 10.9. The maximum atomic E-state index is 10.9. The molecule has 29 heavy (non-hydrogen) atoms. The topological polar surface area (TPSA) is 40.5 Å². The summed E-state index contributed by atoms with van der Waals surface area (Å²) in [5, 5.41) is 20.9. The molecule has 0 spiro atoms. The van der Waals surface area contributed by atoms with E-state index in [0.29, 0.717) is 29.1 Å². The maximum absolute atomic E-state index is 10.9. The molecule has 2 heteroatoms. The van der Waals surface area contributed by atoms with Crippen LogP contribution < -0.4 is 0 Å². The van der Waals surface area contributed by atoms with Gasteiger partial charge in [0.25, 0.3) is 0 Å². The van der Waals surface area contributed by atoms with Crippen molar-refractivity contribution in [3.8, 4) is 0 Å². The number of fused-ring (bicyclic) bond motifs is 1. The van der Waals surface area contributed by atoms with Gasteiger partial charge in [0.2, 0.25) is 0 Å². The highest BCUT2D eigenvalue weighted by Crippen LogP contribution is 2.60. The van der Waals surface area contributed by atoms with Crippen molar-refractivity contribution in [1.82, 2.24) is 0 Å². The molecule has 2 N–H and O–H groups in total. The first-order valence-corrected chi connectivity index (χ1v) is 12.2. The number of allylic oxidation sites excluding steroid dienone is 4. The lowest BCUT2D eigenvalue weighted by Crippen LogP contribution is -2.39. The molecular weight excluding hydrogens is 356 g/mol. The first-order valence-electron chi connectivity index (χ1n) is 12.2. The molecule has 3 saturated carbocycles. The van der Waals surface area contributed by atoms with Gasteiger partial charge >= 0.3 is 0 Å². The van der Waals surface area contributed by atoms with Crippen LogP contribution in [0.5, 0.6) is 0 Å². The quantitative estimate of drug-likeness (QED) is 0.528. The normalized spacial score (nSPS) is 37.9. The van der Waals surface area contributed by atoms with Gasteiger partial charge in [0.15, 0.2) is 0 Å². The molecule has 3 aliphatic carbocycles. The van der Waals surface area contributed by atoms with Crippen LogP contribution in [-0.4, -0.2) is 22.4 Å². The lowest BCUT2D eigenvalue weighted by atomic mass is 9.60. The highest BCUT2D eigenvalue weighted by atomic mass is 16.3. The van der Waals surface area contributed by atoms with E-state index in [2.05, 4.69) is 46.4 Å². The van der Waals surface area contributed by atoms with Crippen LogP contribution in [0.25, 0.3) is 0 Å². The fraction of sp³-hybridized carbons (Fsp3) is 0.778. The van der Waals surface area contributed by atoms with Crippen molar-refractivity contribution in [2.24, 2.45) is 29.1 Å². The Labute approximate surface area is 179 Å². The van der Waals surface area contributed by atoms with Gasteiger partial charge in [-0.2, -0.15) is 0 Å². The first kappa shape index (κ1) is 22.8. The van der Waals surface area contributed by atoms with Crippen molar-refractivity contribution in [2.45, 2.75) is 104 Å². The molecule has 0 heterocycles. The second-order valence-electron chi connectivity index (χ2n) is 10.9. The van der Waals surface area contributed by atoms with Crippen molar-refractivity contribution in [3.63, 3.8) is 0 Å². The highest BCUT2D eigenvalue weighted by molar-refractivity contribution is 5.36. The van der Waals surface area contributed by atoms with Crippen molar-refractivity contribution < 1.29 is 10.2 Å². The van der Waals surface area contributed by atoms with Gasteiger partial charge in [-0.25, -0.2) is 0 Å². The first-order chi connectivity index (χ1) is 13.7. The molecule has 3 rings (SSSR count). The molecule has 0 radical (unpaired) electrons. The van der Waals surface area contributed by atoms with Crippen molar-refractivity contribution in [2.75, 3.05) is 0 Å². The fourth-order valence-electron chi connectivity index (χ4n) is 6.57. The smallest absolute Gasteiger partial charge is 0.0583 e. The van der Waals surface area contributed by atoms with E-state index in [-0.39, 0.29) is 12.2 Å². The molecule has 0 aliphatic heterocycles. The van der Waals surface area contributed by atoms with Crippen LogP contribution in [0.4, 0.5) is 0 Å². The Morgan fingerprint density at radius 2 is 1.86 bits per heavy atom. The molecule has 0 unspecified atom stereocenters. The number of aliphatic hydroxyl groups is 2. The van der Waals surface area contributed by atoms with E-state index in [4.69, 9.17) is 0 Å². The standard InChI is InChI=1S/C27H44O2/c1-18(2)8-15-26(29)20(4)24-13-14-25-21(7-6-16-27(24,25)5)10-11-22-17-23(28)12-9-19(22)3/h10-11,18,20,23-26,28-29H,3,6-9,12-17H2,1-2,4-5H3/b21-10+,22-11-/t20-,23-,24+,25-,26+,27+/m0/s1. The highest BCUT2D eigenvalue weighted by Gasteiger charge is 2.51. The second kappa shape index (κ2) is 9.52. The van der Waals surface area contributed by atoms with Crippen LogP contribution in [0.1, 0.15) is 91.9 Å². The number of rotatable bonds is 6. The monoisotopic (exact) mass is 400 g/mol. The third kappa shape index (κ3) is 5.07. The Bertz CT molecular complexity index is 643. The number of hydrogen-bond donors (Lipinski definition) is 2. The van der Waals surface area contributed by atoms with Gasteiger partial charge in [0.05, 0.1) is 12.2 Å². The molecule has 0 saturated heterocycles. The summed E-state index contributed by atoms with van der Waals surface area (Å²) in [5.74, 6) is 2.32. The van der Waals surface area contributed by atoms with Gasteiger partial charge in [-0.3, -0.25) is 0 Å². The average molecular weight is 401 g/mol. The molecule has 0 aromatic heterocycles. The summed E-state index contributed by atoms with van der Waals surface area (Å²) in [5.41, 5.74) is 4.38. The van der Waals surface area contributed by atoms with E-state index >= 15 is 0 Å². The van der Waals surface area contributed by atoms with E-state index in [0.717, 1.165) is 32.1 Å². The van der Waals surface area contributed by atoms with Crippen molar-refractivity contribution >= 4 is 0 Å². The van der Waals surface area contributed by atoms with Crippen LogP contribution >= 0.6 is 0 Å². The zero-order chi connectivity index (χ0) is 21.2. The third-order valence-electron chi connectivity index (χ3n) is 8.51. The lowest BCUT2D eigenvalue weighted by Gasteiger charge is -2.45. The van der Waals surface area contributed by atoms with E-state index < -0.39 is 0 Å². The molecule has 0 bridgehead atoms. The molecule has 3 aliphatic rings. The van der Waals surface area contributed by atoms with E-state index in [1.807, 2.05) is 0 Å². The minimum absolute atomic E-state index is 0.165. The number of aliphatic hydroxyl groups excluding tert-OH is 2. The number of hydrogen-bond acceptors (Lipinski definition) is 2. The summed E-state index contributed by atoms with van der Waals surface area (Å²) in [4.78, 5) is 0. The minimum atomic E-state index is -0.203. The Morgan fingerprint density at radius 3 is 2.59 bits per heavy atom. The zero-order valence-corrected chi connectivity index (χ0v) is 19.3. The summed E-state index contributed by atoms with van der Waals surface area (Å²) in [6.07, 6.45) is 15.1. The van der Waals surface area contributed by atoms with Crippen LogP contribution in [0.15, 0.2) is 35.5 Å². The van der Waals surface area contributed by atoms with E-state index in [1.165, 1.54) is 43.3 Å². The molecule has 0 aromatic carbocycles. The van der Waals surface area contributed by atoms with Crippen LogP contribution in [-0.2, 0) is 0 Å². The Kier molecular flexibility index (Phi) is 7.49. The van der Waals surface area contributed by atoms with E-state index in [9.17, 15) is 10.2 Å². The molecule has 164 valence electrons. The summed E-state index contributed by atoms with van der Waals surface area (Å²) >= 11 is 0. The van der Waals surface area contributed by atoms with Crippen LogP contribution in [0.2, 0.25) is 0 Å². The van der Waals surface area contributed by atoms with Gasteiger partial charge in [-0.15, -0.1) is 0 Å². The van der Waals surface area contributed by atoms with E-state index in [1.54, 1.807) is 5.57 Å². The van der Waals surface area contributed by atoms with Crippen molar-refractivity contribution in [3.05, 3.63) is 35.5 Å². The molecule has 0 amide bonds. The Balaban J connectivity index is 1.73. The lowest BCUT2D eigenvalue weighted by molar-refractivity contribution is 0.0147. The predicted molar refractivity (Wildman–Crippen MR) is 123 cm³/mol. The van der Waals surface area contributed by atoms with Crippen LogP contribution in [0.3, 0.4) is 0 Å². The zero-order valence-electron chi connectivity index (χ0n) is 19.3. The SMILES string of the molecule is C=C1CC[C@H](O)C/C1=C/C=C1\CCC[C@]2(C)[C@@H]([C@H](C)[C@H](O)CCC(C)C)CC[C@@H]12. The van der Waals surface area contributed by atoms with Gasteiger partial charge in [0.1, 0.15) is 0 Å². The predicted octanol–water partition coefficient (Wildman–Crippen LogP) is 6.59. The Morgan fingerprint density at radius 1 is 1.10 bits per heavy atom. The fourth-order valence-corrected chi connectivity index (χ4v) is 6.57. The Hall–Kier alpha value is -0.860. The third-order valence-corrected chi connectivity index (χ3v) is 8.51. The summed E-state index contributed by atoms with van der Waals surface area (Å²) in [6.45, 7) is 13.5. The summed E-state index contributed by atoms with van der Waals surface area (Å²) in [6, 6.07) is 0. The molecule has 6 atom stereocenters. The van der Waals surface area contributed by atoms with Gasteiger partial charge in [-0.05, 0) is 98.9 Å². The largest absolute Gasteiger partial charge is 0.393 e. The van der Waals surface area contributed by atoms with Gasteiger partial charge < -0.3 is 10.2 Å². The molecular formula is C27H44O2. The maximum Gasteiger partial charge on any atom is 0.0583 e. The van der Waals surface area contributed by atoms with Gasteiger partial charge in [0, 0.05) is 0 Å². The molecule has 3 fully saturated rings. The minimum Gasteiger partial charge on any atom is -0.393 e. The van der Waals surface area contributed by atoms with Crippen LogP contribution in [0, 0.1) is 29.1 Å². The molecule has 2 nitrogen and oxygen atoms in total.